The molecule has 1 aromatic heterocycles. The molecule has 3 rings (SSSR count). The molecule has 24 heavy (non-hydrogen) atoms. The first-order valence-electron chi connectivity index (χ1n) is 7.95. The molecule has 0 saturated carbocycles. The quantitative estimate of drug-likeness (QED) is 0.870. The summed E-state index contributed by atoms with van der Waals surface area (Å²) in [6.45, 7) is 1.32. The van der Waals surface area contributed by atoms with Crippen LogP contribution in [-0.4, -0.2) is 40.8 Å². The topological polar surface area (TPSA) is 62.3 Å². The number of carbonyl (C=O) groups excluding carboxylic acids is 2. The van der Waals surface area contributed by atoms with Crippen molar-refractivity contribution < 1.29 is 9.59 Å². The molecule has 5 nitrogen and oxygen atoms in total. The highest BCUT2D eigenvalue weighted by atomic mass is 32.1. The van der Waals surface area contributed by atoms with Crippen LogP contribution in [0.25, 0.3) is 6.08 Å². The number of hydrogen-bond acceptors (Lipinski definition) is 4. The summed E-state index contributed by atoms with van der Waals surface area (Å²) < 4.78 is 0. The second-order valence-corrected chi connectivity index (χ2v) is 6.57. The number of amides is 2. The standard InChI is InChI=1S/C18H19N3O2S/c22-16(6-7-17-19-10-13-24-17)20-15-8-11-21(12-9-15)18(23)14-4-2-1-3-5-14/h1-7,10,13,15H,8-9,11-12H2,(H,20,22)/b7-6-. The average molecular weight is 341 g/mol. The van der Waals surface area contributed by atoms with Gasteiger partial charge in [-0.25, -0.2) is 4.98 Å². The number of benzene rings is 1. The van der Waals surface area contributed by atoms with Crippen LogP contribution >= 0.6 is 11.3 Å². The minimum Gasteiger partial charge on any atom is -0.350 e. The molecule has 0 bridgehead atoms. The van der Waals surface area contributed by atoms with Crippen LogP contribution in [0, 0.1) is 0 Å². The van der Waals surface area contributed by atoms with Crippen molar-refractivity contribution in [2.75, 3.05) is 13.1 Å². The van der Waals surface area contributed by atoms with Gasteiger partial charge in [0, 0.05) is 42.3 Å². The molecule has 1 aromatic carbocycles. The van der Waals surface area contributed by atoms with E-state index in [4.69, 9.17) is 0 Å². The molecule has 0 aliphatic carbocycles. The molecule has 2 aromatic rings. The van der Waals surface area contributed by atoms with Gasteiger partial charge in [-0.3, -0.25) is 9.59 Å². The zero-order chi connectivity index (χ0) is 16.8. The van der Waals surface area contributed by atoms with Gasteiger partial charge in [-0.2, -0.15) is 0 Å². The Kier molecular flexibility index (Phi) is 5.38. The van der Waals surface area contributed by atoms with Crippen molar-refractivity contribution in [2.45, 2.75) is 18.9 Å². The number of aromatic nitrogens is 1. The summed E-state index contributed by atoms with van der Waals surface area (Å²) in [6.07, 6.45) is 6.49. The van der Waals surface area contributed by atoms with E-state index in [1.165, 1.54) is 17.4 Å². The molecule has 0 spiro atoms. The van der Waals surface area contributed by atoms with Gasteiger partial charge in [0.05, 0.1) is 0 Å². The van der Waals surface area contributed by atoms with Crippen molar-refractivity contribution in [3.8, 4) is 0 Å². The maximum Gasteiger partial charge on any atom is 0.253 e. The number of nitrogens with one attached hydrogen (secondary N) is 1. The summed E-state index contributed by atoms with van der Waals surface area (Å²) >= 11 is 1.49. The molecular formula is C18H19N3O2S. The Hall–Kier alpha value is -2.47. The Morgan fingerprint density at radius 3 is 2.62 bits per heavy atom. The third-order valence-electron chi connectivity index (χ3n) is 3.98. The fourth-order valence-corrected chi connectivity index (χ4v) is 3.23. The highest BCUT2D eigenvalue weighted by Crippen LogP contribution is 2.14. The van der Waals surface area contributed by atoms with Crippen molar-refractivity contribution in [1.29, 1.82) is 0 Å². The van der Waals surface area contributed by atoms with Crippen LogP contribution in [0.5, 0.6) is 0 Å². The molecule has 1 aliphatic rings. The summed E-state index contributed by atoms with van der Waals surface area (Å²) in [4.78, 5) is 30.3. The number of likely N-dealkylation sites (tertiary alicyclic amines) is 1. The van der Waals surface area contributed by atoms with Gasteiger partial charge >= 0.3 is 0 Å². The van der Waals surface area contributed by atoms with Gasteiger partial charge < -0.3 is 10.2 Å². The zero-order valence-electron chi connectivity index (χ0n) is 13.2. The van der Waals surface area contributed by atoms with Crippen molar-refractivity contribution in [3.05, 3.63) is 58.6 Å². The number of carbonyl (C=O) groups is 2. The number of nitrogens with zero attached hydrogens (tertiary/aromatic N) is 2. The Morgan fingerprint density at radius 2 is 1.96 bits per heavy atom. The first kappa shape index (κ1) is 16.4. The van der Waals surface area contributed by atoms with E-state index in [9.17, 15) is 9.59 Å². The first-order chi connectivity index (χ1) is 11.7. The molecule has 6 heteroatoms. The lowest BCUT2D eigenvalue weighted by Crippen LogP contribution is -2.46. The maximum atomic E-state index is 12.4. The second kappa shape index (κ2) is 7.88. The molecule has 0 atom stereocenters. The average Bonchev–Trinajstić information content (AvgIpc) is 3.14. The summed E-state index contributed by atoms with van der Waals surface area (Å²) in [7, 11) is 0. The molecule has 1 fully saturated rings. The van der Waals surface area contributed by atoms with Crippen LogP contribution in [0.15, 0.2) is 48.0 Å². The van der Waals surface area contributed by atoms with Crippen LogP contribution in [-0.2, 0) is 4.79 Å². The Balaban J connectivity index is 1.47. The molecule has 2 amide bonds. The van der Waals surface area contributed by atoms with E-state index >= 15 is 0 Å². The van der Waals surface area contributed by atoms with Gasteiger partial charge in [0.15, 0.2) is 0 Å². The van der Waals surface area contributed by atoms with E-state index in [0.717, 1.165) is 17.8 Å². The van der Waals surface area contributed by atoms with Crippen molar-refractivity contribution in [1.82, 2.24) is 15.2 Å². The van der Waals surface area contributed by atoms with Gasteiger partial charge in [-0.15, -0.1) is 11.3 Å². The van der Waals surface area contributed by atoms with E-state index in [-0.39, 0.29) is 17.9 Å². The Morgan fingerprint density at radius 1 is 1.21 bits per heavy atom. The molecule has 1 N–H and O–H groups in total. The van der Waals surface area contributed by atoms with E-state index < -0.39 is 0 Å². The first-order valence-corrected chi connectivity index (χ1v) is 8.83. The van der Waals surface area contributed by atoms with Gasteiger partial charge in [0.25, 0.3) is 5.91 Å². The summed E-state index contributed by atoms with van der Waals surface area (Å²) in [5, 5.41) is 5.68. The van der Waals surface area contributed by atoms with Crippen LogP contribution in [0.1, 0.15) is 28.2 Å². The third-order valence-corrected chi connectivity index (χ3v) is 4.72. The molecule has 124 valence electrons. The third kappa shape index (κ3) is 4.29. The van der Waals surface area contributed by atoms with E-state index in [0.29, 0.717) is 18.7 Å². The number of thiazole rings is 1. The van der Waals surface area contributed by atoms with E-state index in [2.05, 4.69) is 10.3 Å². The van der Waals surface area contributed by atoms with Crippen LogP contribution in [0.4, 0.5) is 0 Å². The molecule has 2 heterocycles. The van der Waals surface area contributed by atoms with E-state index in [1.54, 1.807) is 12.3 Å². The maximum absolute atomic E-state index is 12.4. The number of rotatable bonds is 4. The van der Waals surface area contributed by atoms with Crippen LogP contribution in [0.3, 0.4) is 0 Å². The molecule has 0 unspecified atom stereocenters. The predicted octanol–water partition coefficient (Wildman–Crippen LogP) is 2.58. The monoisotopic (exact) mass is 341 g/mol. The predicted molar refractivity (Wildman–Crippen MR) is 94.7 cm³/mol. The smallest absolute Gasteiger partial charge is 0.253 e. The second-order valence-electron chi connectivity index (χ2n) is 5.64. The van der Waals surface area contributed by atoms with Crippen LogP contribution < -0.4 is 5.32 Å². The van der Waals surface area contributed by atoms with Crippen molar-refractivity contribution in [3.63, 3.8) is 0 Å². The highest BCUT2D eigenvalue weighted by Gasteiger charge is 2.24. The summed E-state index contributed by atoms with van der Waals surface area (Å²) in [6, 6.07) is 9.42. The van der Waals surface area contributed by atoms with Crippen LogP contribution in [0.2, 0.25) is 0 Å². The lowest BCUT2D eigenvalue weighted by Gasteiger charge is -2.32. The van der Waals surface area contributed by atoms with Crippen molar-refractivity contribution >= 4 is 29.2 Å². The Labute approximate surface area is 145 Å². The molecular weight excluding hydrogens is 322 g/mol. The fourth-order valence-electron chi connectivity index (χ4n) is 2.70. The summed E-state index contributed by atoms with van der Waals surface area (Å²) in [5.41, 5.74) is 0.714. The lowest BCUT2D eigenvalue weighted by atomic mass is 10.0. The highest BCUT2D eigenvalue weighted by molar-refractivity contribution is 7.10. The Bertz CT molecular complexity index is 705. The fraction of sp³-hybridized carbons (Fsp3) is 0.278. The van der Waals surface area contributed by atoms with Gasteiger partial charge in [-0.05, 0) is 31.1 Å². The number of piperidine rings is 1. The van der Waals surface area contributed by atoms with E-state index in [1.807, 2.05) is 40.6 Å². The zero-order valence-corrected chi connectivity index (χ0v) is 14.0. The summed E-state index contributed by atoms with van der Waals surface area (Å²) in [5.74, 6) is -0.0536. The molecule has 1 aliphatic heterocycles. The lowest BCUT2D eigenvalue weighted by molar-refractivity contribution is -0.117. The largest absolute Gasteiger partial charge is 0.350 e. The van der Waals surface area contributed by atoms with Gasteiger partial charge in [0.1, 0.15) is 5.01 Å². The van der Waals surface area contributed by atoms with Crippen molar-refractivity contribution in [2.24, 2.45) is 0 Å². The SMILES string of the molecule is O=C(/C=C\c1nccs1)NC1CCN(C(=O)c2ccccc2)CC1. The molecule has 0 radical (unpaired) electrons. The normalized spacial score (nSPS) is 15.6. The minimum atomic E-state index is -0.113. The number of hydrogen-bond donors (Lipinski definition) is 1. The van der Waals surface area contributed by atoms with Gasteiger partial charge in [-0.1, -0.05) is 18.2 Å². The minimum absolute atomic E-state index is 0.0593. The molecule has 1 saturated heterocycles. The van der Waals surface area contributed by atoms with Gasteiger partial charge in [0.2, 0.25) is 5.91 Å².